The second-order valence-electron chi connectivity index (χ2n) is 4.99. The predicted molar refractivity (Wildman–Crippen MR) is 93.1 cm³/mol. The summed E-state index contributed by atoms with van der Waals surface area (Å²) in [4.78, 5) is 13.5. The maximum atomic E-state index is 12.1. The molecule has 5 nitrogen and oxygen atoms in total. The van der Waals surface area contributed by atoms with Gasteiger partial charge >= 0.3 is 0 Å². The van der Waals surface area contributed by atoms with Gasteiger partial charge in [0.15, 0.2) is 5.11 Å². The molecule has 0 saturated carbocycles. The molecule has 3 rings (SSSR count). The van der Waals surface area contributed by atoms with Gasteiger partial charge in [-0.05, 0) is 30.4 Å². The molecule has 0 atom stereocenters. The maximum Gasteiger partial charge on any atom is 0.276 e. The molecule has 22 heavy (non-hydrogen) atoms. The summed E-state index contributed by atoms with van der Waals surface area (Å²) < 4.78 is 8.22. The van der Waals surface area contributed by atoms with Crippen molar-refractivity contribution in [2.75, 3.05) is 14.2 Å². The zero-order valence-electron chi connectivity index (χ0n) is 12.1. The average molecular weight is 380 g/mol. The summed E-state index contributed by atoms with van der Waals surface area (Å²) in [6.45, 7) is 0.440. The molecule has 0 bridgehead atoms. The highest BCUT2D eigenvalue weighted by Crippen LogP contribution is 2.27. The third-order valence-corrected chi connectivity index (χ3v) is 4.39. The third kappa shape index (κ3) is 2.55. The second-order valence-corrected chi connectivity index (χ2v) is 6.29. The average Bonchev–Trinajstić information content (AvgIpc) is 2.93. The fourth-order valence-electron chi connectivity index (χ4n) is 2.43. The Labute approximate surface area is 141 Å². The molecule has 1 saturated heterocycles. The SMILES string of the molecule is COCn1cc(/C=C2\NC(=S)N(C)C2=O)c2ccc(Br)cc21. The smallest absolute Gasteiger partial charge is 0.276 e. The van der Waals surface area contributed by atoms with Gasteiger partial charge in [-0.15, -0.1) is 0 Å². The normalized spacial score (nSPS) is 16.9. The quantitative estimate of drug-likeness (QED) is 0.657. The fraction of sp³-hybridized carbons (Fsp3) is 0.200. The van der Waals surface area contributed by atoms with Crippen LogP contribution in [0.5, 0.6) is 0 Å². The minimum Gasteiger partial charge on any atom is -0.364 e. The lowest BCUT2D eigenvalue weighted by atomic mass is 10.1. The number of amides is 1. The summed E-state index contributed by atoms with van der Waals surface area (Å²) in [6.07, 6.45) is 3.78. The van der Waals surface area contributed by atoms with Crippen molar-refractivity contribution in [3.63, 3.8) is 0 Å². The van der Waals surface area contributed by atoms with Crippen LogP contribution in [0.3, 0.4) is 0 Å². The lowest BCUT2D eigenvalue weighted by Gasteiger charge is -2.02. The first-order valence-electron chi connectivity index (χ1n) is 6.59. The van der Waals surface area contributed by atoms with Gasteiger partial charge in [-0.2, -0.15) is 0 Å². The number of hydrogen-bond acceptors (Lipinski definition) is 3. The molecule has 0 spiro atoms. The van der Waals surface area contributed by atoms with E-state index < -0.39 is 0 Å². The van der Waals surface area contributed by atoms with E-state index in [9.17, 15) is 4.79 Å². The van der Waals surface area contributed by atoms with Crippen LogP contribution in [0.25, 0.3) is 17.0 Å². The van der Waals surface area contributed by atoms with Crippen LogP contribution in [-0.4, -0.2) is 34.6 Å². The summed E-state index contributed by atoms with van der Waals surface area (Å²) in [5.74, 6) is -0.130. The van der Waals surface area contributed by atoms with E-state index in [4.69, 9.17) is 17.0 Å². The van der Waals surface area contributed by atoms with Gasteiger partial charge in [0.25, 0.3) is 5.91 Å². The van der Waals surface area contributed by atoms with Gasteiger partial charge in [-0.1, -0.05) is 22.0 Å². The van der Waals surface area contributed by atoms with Gasteiger partial charge in [0.1, 0.15) is 12.4 Å². The van der Waals surface area contributed by atoms with E-state index in [0.29, 0.717) is 17.5 Å². The number of halogens is 1. The topological polar surface area (TPSA) is 46.5 Å². The maximum absolute atomic E-state index is 12.1. The molecule has 0 radical (unpaired) electrons. The van der Waals surface area contributed by atoms with Crippen molar-refractivity contribution in [1.29, 1.82) is 0 Å². The lowest BCUT2D eigenvalue weighted by Crippen LogP contribution is -2.25. The van der Waals surface area contributed by atoms with Crippen molar-refractivity contribution in [2.24, 2.45) is 0 Å². The van der Waals surface area contributed by atoms with Crippen LogP contribution in [0, 0.1) is 0 Å². The van der Waals surface area contributed by atoms with Crippen LogP contribution < -0.4 is 5.32 Å². The summed E-state index contributed by atoms with van der Waals surface area (Å²) in [6, 6.07) is 6.01. The van der Waals surface area contributed by atoms with Crippen LogP contribution >= 0.6 is 28.1 Å². The molecular formula is C15H14BrN3O2S. The Morgan fingerprint density at radius 2 is 2.23 bits per heavy atom. The van der Waals surface area contributed by atoms with Crippen LogP contribution in [-0.2, 0) is 16.3 Å². The van der Waals surface area contributed by atoms with Crippen molar-refractivity contribution < 1.29 is 9.53 Å². The van der Waals surface area contributed by atoms with Crippen LogP contribution in [0.4, 0.5) is 0 Å². The first-order valence-corrected chi connectivity index (χ1v) is 7.79. The number of rotatable bonds is 3. The Bertz CT molecular complexity index is 812. The van der Waals surface area contributed by atoms with Crippen LogP contribution in [0.15, 0.2) is 34.6 Å². The van der Waals surface area contributed by atoms with Crippen molar-refractivity contribution in [3.8, 4) is 0 Å². The lowest BCUT2D eigenvalue weighted by molar-refractivity contribution is -0.121. The minimum absolute atomic E-state index is 0.130. The molecule has 1 aromatic carbocycles. The number of ether oxygens (including phenoxy) is 1. The third-order valence-electron chi connectivity index (χ3n) is 3.52. The number of aromatic nitrogens is 1. The van der Waals surface area contributed by atoms with Gasteiger partial charge in [0.2, 0.25) is 0 Å². The largest absolute Gasteiger partial charge is 0.364 e. The number of nitrogens with one attached hydrogen (secondary N) is 1. The minimum atomic E-state index is -0.130. The molecule has 1 fully saturated rings. The summed E-state index contributed by atoms with van der Waals surface area (Å²) in [7, 11) is 3.31. The van der Waals surface area contributed by atoms with Gasteiger partial charge < -0.3 is 14.6 Å². The molecule has 1 aliphatic rings. The molecule has 1 amide bonds. The zero-order valence-corrected chi connectivity index (χ0v) is 14.5. The molecular weight excluding hydrogens is 366 g/mol. The Kier molecular flexibility index (Phi) is 4.03. The number of carbonyl (C=O) groups excluding carboxylic acids is 1. The second kappa shape index (κ2) is 5.83. The zero-order chi connectivity index (χ0) is 15.9. The van der Waals surface area contributed by atoms with E-state index in [2.05, 4.69) is 21.2 Å². The van der Waals surface area contributed by atoms with E-state index in [1.807, 2.05) is 35.0 Å². The van der Waals surface area contributed by atoms with Crippen molar-refractivity contribution in [3.05, 3.63) is 40.1 Å². The fourth-order valence-corrected chi connectivity index (χ4v) is 2.98. The Balaban J connectivity index is 2.12. The molecule has 2 aromatic rings. The Morgan fingerprint density at radius 1 is 1.45 bits per heavy atom. The van der Waals surface area contributed by atoms with Gasteiger partial charge in [-0.3, -0.25) is 9.69 Å². The number of thiocarbonyl (C=S) groups is 1. The first kappa shape index (κ1) is 15.2. The van der Waals surface area contributed by atoms with Crippen LogP contribution in [0.2, 0.25) is 0 Å². The van der Waals surface area contributed by atoms with E-state index in [0.717, 1.165) is 20.9 Å². The molecule has 1 aliphatic heterocycles. The molecule has 114 valence electrons. The summed E-state index contributed by atoms with van der Waals surface area (Å²) >= 11 is 8.57. The number of hydrogen-bond donors (Lipinski definition) is 1. The highest BCUT2D eigenvalue weighted by Gasteiger charge is 2.27. The van der Waals surface area contributed by atoms with Crippen molar-refractivity contribution in [1.82, 2.24) is 14.8 Å². The first-order chi connectivity index (χ1) is 10.5. The molecule has 1 aromatic heterocycles. The number of likely N-dealkylation sites (N-methyl/N-ethyl adjacent to an activating group) is 1. The van der Waals surface area contributed by atoms with E-state index in [1.165, 1.54) is 4.90 Å². The monoisotopic (exact) mass is 379 g/mol. The standard InChI is InChI=1S/C15H14BrN3O2S/c1-18-14(20)12(17-15(18)22)5-9-7-19(8-21-2)13-6-10(16)3-4-11(9)13/h3-7H,8H2,1-2H3,(H,17,22)/b12-5-. The summed E-state index contributed by atoms with van der Waals surface area (Å²) in [5.41, 5.74) is 2.45. The number of benzene rings is 1. The van der Waals surface area contributed by atoms with Gasteiger partial charge in [0, 0.05) is 35.8 Å². The van der Waals surface area contributed by atoms with Gasteiger partial charge in [0.05, 0.1) is 5.52 Å². The van der Waals surface area contributed by atoms with Gasteiger partial charge in [-0.25, -0.2) is 0 Å². The highest BCUT2D eigenvalue weighted by atomic mass is 79.9. The molecule has 0 aliphatic carbocycles. The molecule has 0 unspecified atom stereocenters. The number of nitrogens with zero attached hydrogens (tertiary/aromatic N) is 2. The highest BCUT2D eigenvalue weighted by molar-refractivity contribution is 9.10. The number of methoxy groups -OCH3 is 1. The number of fused-ring (bicyclic) bond motifs is 1. The predicted octanol–water partition coefficient (Wildman–Crippen LogP) is 2.70. The molecule has 1 N–H and O–H groups in total. The van der Waals surface area contributed by atoms with E-state index in [-0.39, 0.29) is 5.91 Å². The summed E-state index contributed by atoms with van der Waals surface area (Å²) in [5, 5.41) is 4.40. The van der Waals surface area contributed by atoms with Crippen molar-refractivity contribution in [2.45, 2.75) is 6.73 Å². The molecule has 2 heterocycles. The Hall–Kier alpha value is -1.70. The van der Waals surface area contributed by atoms with E-state index in [1.54, 1.807) is 14.2 Å². The Morgan fingerprint density at radius 3 is 2.86 bits per heavy atom. The number of carbonyl (C=O) groups is 1. The van der Waals surface area contributed by atoms with Crippen molar-refractivity contribution >= 4 is 56.1 Å². The van der Waals surface area contributed by atoms with Crippen LogP contribution in [0.1, 0.15) is 5.56 Å². The molecule has 7 heteroatoms. The van der Waals surface area contributed by atoms with E-state index >= 15 is 0 Å².